The molecule has 0 saturated carbocycles. The first-order chi connectivity index (χ1) is 15.1. The number of carbonyl (C=O) groups is 2. The molecule has 0 N–H and O–H groups in total. The molecule has 1 aliphatic heterocycles. The maximum Gasteiger partial charge on any atom is 0.298 e. The summed E-state index contributed by atoms with van der Waals surface area (Å²) < 4.78 is 24.3. The number of benzene rings is 3. The third kappa shape index (κ3) is 4.46. The lowest BCUT2D eigenvalue weighted by atomic mass is 10.1. The number of anilines is 1. The molecular formula is C24H18FNO4S. The van der Waals surface area contributed by atoms with Gasteiger partial charge in [0.2, 0.25) is 0 Å². The summed E-state index contributed by atoms with van der Waals surface area (Å²) in [5, 5.41) is -0.398. The predicted molar refractivity (Wildman–Crippen MR) is 119 cm³/mol. The number of nitrogens with zero attached hydrogens (tertiary/aromatic N) is 1. The first-order valence-electron chi connectivity index (χ1n) is 9.44. The summed E-state index contributed by atoms with van der Waals surface area (Å²) in [4.78, 5) is 27.0. The van der Waals surface area contributed by atoms with Gasteiger partial charge >= 0.3 is 0 Å². The van der Waals surface area contributed by atoms with Gasteiger partial charge in [0.15, 0.2) is 0 Å². The monoisotopic (exact) mass is 435 g/mol. The lowest BCUT2D eigenvalue weighted by Crippen LogP contribution is -2.28. The molecule has 1 heterocycles. The number of carbonyl (C=O) groups excluding carboxylic acids is 2. The Labute approximate surface area is 183 Å². The van der Waals surface area contributed by atoms with Crippen LogP contribution in [0.15, 0.2) is 77.7 Å². The first-order valence-corrected chi connectivity index (χ1v) is 10.3. The zero-order valence-electron chi connectivity index (χ0n) is 16.6. The molecule has 0 radical (unpaired) electrons. The number of thioether (sulfide) groups is 1. The normalized spacial score (nSPS) is 14.9. The van der Waals surface area contributed by atoms with E-state index in [9.17, 15) is 14.0 Å². The van der Waals surface area contributed by atoms with Crippen LogP contribution in [-0.4, -0.2) is 18.3 Å². The van der Waals surface area contributed by atoms with Crippen LogP contribution >= 0.6 is 11.8 Å². The van der Waals surface area contributed by atoms with Crippen molar-refractivity contribution in [2.24, 2.45) is 0 Å². The SMILES string of the molecule is COc1ccccc1N1C(=O)S/C(=C\c2ccccc2OCc2ccc(F)cc2)C1=O. The molecule has 0 unspecified atom stereocenters. The van der Waals surface area contributed by atoms with Crippen molar-refractivity contribution >= 4 is 34.7 Å². The smallest absolute Gasteiger partial charge is 0.298 e. The topological polar surface area (TPSA) is 55.8 Å². The van der Waals surface area contributed by atoms with Crippen LogP contribution in [0.4, 0.5) is 14.9 Å². The van der Waals surface area contributed by atoms with Gasteiger partial charge in [0, 0.05) is 5.56 Å². The zero-order chi connectivity index (χ0) is 21.8. The average molecular weight is 435 g/mol. The van der Waals surface area contributed by atoms with Crippen molar-refractivity contribution in [3.8, 4) is 11.5 Å². The Morgan fingerprint density at radius 2 is 1.61 bits per heavy atom. The largest absolute Gasteiger partial charge is 0.495 e. The third-order valence-electron chi connectivity index (χ3n) is 4.63. The molecule has 2 amide bonds. The second kappa shape index (κ2) is 9.06. The van der Waals surface area contributed by atoms with Crippen molar-refractivity contribution < 1.29 is 23.5 Å². The fraction of sp³-hybridized carbons (Fsp3) is 0.0833. The second-order valence-electron chi connectivity index (χ2n) is 6.64. The van der Waals surface area contributed by atoms with Gasteiger partial charge in [0.05, 0.1) is 17.7 Å². The second-order valence-corrected chi connectivity index (χ2v) is 7.64. The average Bonchev–Trinajstić information content (AvgIpc) is 3.06. The summed E-state index contributed by atoms with van der Waals surface area (Å²) in [5.74, 6) is 0.257. The lowest BCUT2D eigenvalue weighted by molar-refractivity contribution is -0.113. The minimum absolute atomic E-state index is 0.244. The first kappa shape index (κ1) is 20.7. The molecule has 0 aliphatic carbocycles. The Morgan fingerprint density at radius 1 is 0.935 bits per heavy atom. The van der Waals surface area contributed by atoms with Crippen molar-refractivity contribution in [3.63, 3.8) is 0 Å². The molecule has 0 spiro atoms. The van der Waals surface area contributed by atoms with Gasteiger partial charge in [-0.25, -0.2) is 9.29 Å². The highest BCUT2D eigenvalue weighted by molar-refractivity contribution is 8.19. The number of ether oxygens (including phenoxy) is 2. The molecule has 5 nitrogen and oxygen atoms in total. The Bertz CT molecular complexity index is 1160. The molecule has 1 saturated heterocycles. The molecule has 1 aliphatic rings. The minimum atomic E-state index is -0.423. The van der Waals surface area contributed by atoms with Crippen molar-refractivity contribution in [1.29, 1.82) is 0 Å². The molecule has 0 bridgehead atoms. The number of para-hydroxylation sites is 3. The van der Waals surface area contributed by atoms with E-state index in [0.717, 1.165) is 22.2 Å². The van der Waals surface area contributed by atoms with Crippen molar-refractivity contribution in [1.82, 2.24) is 0 Å². The van der Waals surface area contributed by atoms with Gasteiger partial charge in [0.1, 0.15) is 23.9 Å². The molecule has 1 fully saturated rings. The zero-order valence-corrected chi connectivity index (χ0v) is 17.4. The van der Waals surface area contributed by atoms with Crippen LogP contribution < -0.4 is 14.4 Å². The molecule has 156 valence electrons. The van der Waals surface area contributed by atoms with E-state index in [4.69, 9.17) is 9.47 Å². The van der Waals surface area contributed by atoms with Crippen molar-refractivity contribution in [3.05, 3.63) is 94.6 Å². The van der Waals surface area contributed by atoms with Gasteiger partial charge in [0.25, 0.3) is 11.1 Å². The fourth-order valence-corrected chi connectivity index (χ4v) is 3.93. The minimum Gasteiger partial charge on any atom is -0.495 e. The molecule has 4 rings (SSSR count). The number of rotatable bonds is 6. The molecule has 7 heteroatoms. The lowest BCUT2D eigenvalue weighted by Gasteiger charge is -2.15. The maximum atomic E-state index is 13.1. The molecule has 3 aromatic carbocycles. The molecular weight excluding hydrogens is 417 g/mol. The van der Waals surface area contributed by atoms with E-state index in [2.05, 4.69) is 0 Å². The standard InChI is InChI=1S/C24H18FNO4S/c1-29-21-9-5-3-7-19(21)26-23(27)22(31-24(26)28)14-17-6-2-4-8-20(17)30-15-16-10-12-18(25)13-11-16/h2-14H,15H2,1H3/b22-14-. The van der Waals surface area contributed by atoms with Gasteiger partial charge in [-0.1, -0.05) is 42.5 Å². The third-order valence-corrected chi connectivity index (χ3v) is 5.50. The number of hydrogen-bond donors (Lipinski definition) is 0. The number of methoxy groups -OCH3 is 1. The van der Waals surface area contributed by atoms with E-state index in [0.29, 0.717) is 22.7 Å². The fourth-order valence-electron chi connectivity index (χ4n) is 3.10. The van der Waals surface area contributed by atoms with Crippen LogP contribution in [0.1, 0.15) is 11.1 Å². The molecule has 31 heavy (non-hydrogen) atoms. The Hall–Kier alpha value is -3.58. The van der Waals surface area contributed by atoms with Crippen LogP contribution in [0.5, 0.6) is 11.5 Å². The Morgan fingerprint density at radius 3 is 2.35 bits per heavy atom. The van der Waals surface area contributed by atoms with E-state index in [1.807, 2.05) is 12.1 Å². The number of hydrogen-bond acceptors (Lipinski definition) is 5. The Kier molecular flexibility index (Phi) is 6.04. The summed E-state index contributed by atoms with van der Waals surface area (Å²) in [5.41, 5.74) is 1.87. The highest BCUT2D eigenvalue weighted by atomic mass is 32.2. The van der Waals surface area contributed by atoms with Crippen LogP contribution in [0, 0.1) is 5.82 Å². The van der Waals surface area contributed by atoms with E-state index in [1.54, 1.807) is 54.6 Å². The summed E-state index contributed by atoms with van der Waals surface area (Å²) >= 11 is 0.861. The van der Waals surface area contributed by atoms with E-state index in [-0.39, 0.29) is 17.3 Å². The quantitative estimate of drug-likeness (QED) is 0.468. The highest BCUT2D eigenvalue weighted by Gasteiger charge is 2.37. The van der Waals surface area contributed by atoms with Crippen LogP contribution in [0.2, 0.25) is 0 Å². The molecule has 0 atom stereocenters. The van der Waals surface area contributed by atoms with E-state index >= 15 is 0 Å². The van der Waals surface area contributed by atoms with Gasteiger partial charge in [-0.05, 0) is 53.7 Å². The van der Waals surface area contributed by atoms with E-state index in [1.165, 1.54) is 19.2 Å². The van der Waals surface area contributed by atoms with Crippen LogP contribution in [0.25, 0.3) is 6.08 Å². The number of halogens is 1. The summed E-state index contributed by atoms with van der Waals surface area (Å²) in [6.45, 7) is 0.244. The van der Waals surface area contributed by atoms with Gasteiger partial charge in [-0.15, -0.1) is 0 Å². The maximum absolute atomic E-state index is 13.1. The highest BCUT2D eigenvalue weighted by Crippen LogP contribution is 2.40. The summed E-state index contributed by atoms with van der Waals surface area (Å²) in [6.07, 6.45) is 1.64. The predicted octanol–water partition coefficient (Wildman–Crippen LogP) is 5.65. The van der Waals surface area contributed by atoms with E-state index < -0.39 is 11.1 Å². The summed E-state index contributed by atoms with van der Waals surface area (Å²) in [6, 6.07) is 20.1. The van der Waals surface area contributed by atoms with Gasteiger partial charge < -0.3 is 9.47 Å². The number of amides is 2. The van der Waals surface area contributed by atoms with Crippen molar-refractivity contribution in [2.75, 3.05) is 12.0 Å². The summed E-state index contributed by atoms with van der Waals surface area (Å²) in [7, 11) is 1.49. The van der Waals surface area contributed by atoms with Crippen molar-refractivity contribution in [2.45, 2.75) is 6.61 Å². The number of imide groups is 1. The van der Waals surface area contributed by atoms with Crippen LogP contribution in [0.3, 0.4) is 0 Å². The van der Waals surface area contributed by atoms with Gasteiger partial charge in [-0.3, -0.25) is 9.59 Å². The Balaban J connectivity index is 1.58. The van der Waals surface area contributed by atoms with Gasteiger partial charge in [-0.2, -0.15) is 0 Å². The molecule has 3 aromatic rings. The van der Waals surface area contributed by atoms with Crippen LogP contribution in [-0.2, 0) is 11.4 Å². The molecule has 0 aromatic heterocycles.